The van der Waals surface area contributed by atoms with Crippen molar-refractivity contribution < 1.29 is 12.6 Å². The van der Waals surface area contributed by atoms with Crippen molar-refractivity contribution in [3.8, 4) is 11.6 Å². The topological polar surface area (TPSA) is 61.2 Å². The zero-order valence-electron chi connectivity index (χ0n) is 18.7. The predicted octanol–water partition coefficient (Wildman–Crippen LogP) is 5.68. The number of aromatic nitrogens is 2. The Balaban J connectivity index is 2.04. The zero-order valence-corrected chi connectivity index (χ0v) is 19.5. The quantitative estimate of drug-likeness (QED) is 0.493. The van der Waals surface area contributed by atoms with Crippen LogP contribution in [-0.4, -0.2) is 18.2 Å². The van der Waals surface area contributed by atoms with Crippen molar-refractivity contribution in [1.82, 2.24) is 9.78 Å². The molecule has 0 aliphatic carbocycles. The van der Waals surface area contributed by atoms with E-state index in [0.717, 1.165) is 28.1 Å². The van der Waals surface area contributed by atoms with Gasteiger partial charge in [-0.3, -0.25) is 0 Å². The van der Waals surface area contributed by atoms with Gasteiger partial charge in [-0.25, -0.2) is 0 Å². The molecule has 30 heavy (non-hydrogen) atoms. The van der Waals surface area contributed by atoms with Gasteiger partial charge in [0.15, 0.2) is 0 Å². The van der Waals surface area contributed by atoms with Crippen LogP contribution in [0.3, 0.4) is 0 Å². The molecule has 2 aromatic carbocycles. The second-order valence-corrected chi connectivity index (χ2v) is 10.6. The lowest BCUT2D eigenvalue weighted by molar-refractivity contribution is 0.464. The fourth-order valence-electron chi connectivity index (χ4n) is 3.14. The Morgan fingerprint density at radius 1 is 1.00 bits per heavy atom. The minimum absolute atomic E-state index is 0.0589. The van der Waals surface area contributed by atoms with Gasteiger partial charge >= 0.3 is 10.1 Å². The summed E-state index contributed by atoms with van der Waals surface area (Å²) in [6.07, 6.45) is 0. The minimum atomic E-state index is -4.00. The minimum Gasteiger partial charge on any atom is -0.358 e. The van der Waals surface area contributed by atoms with E-state index >= 15 is 0 Å². The van der Waals surface area contributed by atoms with E-state index in [-0.39, 0.29) is 22.1 Å². The second kappa shape index (κ2) is 7.91. The third kappa shape index (κ3) is 4.43. The van der Waals surface area contributed by atoms with Gasteiger partial charge in [-0.05, 0) is 60.1 Å². The van der Waals surface area contributed by atoms with Gasteiger partial charge in [-0.2, -0.15) is 18.2 Å². The normalized spacial score (nSPS) is 12.4. The van der Waals surface area contributed by atoms with Gasteiger partial charge in [-0.15, -0.1) is 0 Å². The smallest absolute Gasteiger partial charge is 0.340 e. The average molecular weight is 427 g/mol. The van der Waals surface area contributed by atoms with E-state index in [1.807, 2.05) is 58.0 Å². The van der Waals surface area contributed by atoms with E-state index in [0.29, 0.717) is 0 Å². The fourth-order valence-corrected chi connectivity index (χ4v) is 4.05. The molecule has 0 fully saturated rings. The molecule has 1 heterocycles. The van der Waals surface area contributed by atoms with E-state index in [9.17, 15) is 8.42 Å². The van der Waals surface area contributed by atoms with Crippen molar-refractivity contribution in [3.63, 3.8) is 0 Å². The second-order valence-electron chi connectivity index (χ2n) is 9.00. The molecule has 0 N–H and O–H groups in total. The van der Waals surface area contributed by atoms with Gasteiger partial charge in [-0.1, -0.05) is 58.9 Å². The molecule has 0 atom stereocenters. The van der Waals surface area contributed by atoms with Crippen molar-refractivity contribution in [2.24, 2.45) is 0 Å². The molecule has 0 saturated heterocycles. The van der Waals surface area contributed by atoms with Crippen molar-refractivity contribution in [1.29, 1.82) is 0 Å². The maximum atomic E-state index is 13.0. The molecule has 0 saturated carbocycles. The lowest BCUT2D eigenvalue weighted by atomic mass is 9.87. The Morgan fingerprint density at radius 3 is 2.20 bits per heavy atom. The van der Waals surface area contributed by atoms with Crippen LogP contribution in [0, 0.1) is 13.8 Å². The first-order chi connectivity index (χ1) is 13.9. The molecule has 0 radical (unpaired) electrons. The predicted molar refractivity (Wildman–Crippen MR) is 120 cm³/mol. The van der Waals surface area contributed by atoms with Crippen LogP contribution in [0.5, 0.6) is 5.88 Å². The lowest BCUT2D eigenvalue weighted by Crippen LogP contribution is -2.15. The molecule has 0 amide bonds. The van der Waals surface area contributed by atoms with E-state index < -0.39 is 10.1 Å². The van der Waals surface area contributed by atoms with Gasteiger partial charge in [0.1, 0.15) is 4.90 Å². The molecule has 0 unspecified atom stereocenters. The molecule has 0 aliphatic heterocycles. The first-order valence-corrected chi connectivity index (χ1v) is 11.5. The van der Waals surface area contributed by atoms with Gasteiger partial charge in [0.05, 0.1) is 11.4 Å². The van der Waals surface area contributed by atoms with Crippen LogP contribution in [0.25, 0.3) is 5.69 Å². The van der Waals surface area contributed by atoms with Crippen LogP contribution in [0.1, 0.15) is 62.9 Å². The van der Waals surface area contributed by atoms with Crippen molar-refractivity contribution in [2.45, 2.75) is 64.7 Å². The van der Waals surface area contributed by atoms with Gasteiger partial charge < -0.3 is 4.18 Å². The van der Waals surface area contributed by atoms with Gasteiger partial charge in [0.2, 0.25) is 5.88 Å². The van der Waals surface area contributed by atoms with Crippen LogP contribution < -0.4 is 4.18 Å². The number of hydrogen-bond acceptors (Lipinski definition) is 4. The molecule has 3 aromatic rings. The maximum Gasteiger partial charge on any atom is 0.340 e. The number of benzene rings is 2. The highest BCUT2D eigenvalue weighted by atomic mass is 32.2. The van der Waals surface area contributed by atoms with Crippen LogP contribution in [0.4, 0.5) is 0 Å². The molecule has 0 bridgehead atoms. The monoisotopic (exact) mass is 426 g/mol. The van der Waals surface area contributed by atoms with E-state index in [4.69, 9.17) is 4.18 Å². The Kier molecular flexibility index (Phi) is 5.83. The van der Waals surface area contributed by atoms with Crippen LogP contribution in [0.2, 0.25) is 0 Å². The van der Waals surface area contributed by atoms with E-state index in [1.54, 1.807) is 22.9 Å². The third-order valence-electron chi connectivity index (χ3n) is 5.30. The summed E-state index contributed by atoms with van der Waals surface area (Å²) in [7, 11) is -4.00. The third-order valence-corrected chi connectivity index (χ3v) is 6.54. The Morgan fingerprint density at radius 2 is 1.63 bits per heavy atom. The SMILES string of the molecule is Cc1cccc(-n2nc(C(C)C)cc2OS(=O)(=O)c2ccc(C(C)(C)C)cc2)c1C. The molecule has 160 valence electrons. The Bertz CT molecular complexity index is 1150. The maximum absolute atomic E-state index is 13.0. The molecule has 5 nitrogen and oxygen atoms in total. The van der Waals surface area contributed by atoms with Crippen molar-refractivity contribution in [2.75, 3.05) is 0 Å². The largest absolute Gasteiger partial charge is 0.358 e. The summed E-state index contributed by atoms with van der Waals surface area (Å²) in [4.78, 5) is 0.121. The van der Waals surface area contributed by atoms with E-state index in [2.05, 4.69) is 25.9 Å². The molecule has 1 aromatic heterocycles. The number of aryl methyl sites for hydroxylation is 1. The summed E-state index contributed by atoms with van der Waals surface area (Å²) in [5, 5.41) is 4.63. The van der Waals surface area contributed by atoms with Gasteiger partial charge in [0, 0.05) is 6.07 Å². The summed E-state index contributed by atoms with van der Waals surface area (Å²) >= 11 is 0. The zero-order chi connectivity index (χ0) is 22.3. The summed E-state index contributed by atoms with van der Waals surface area (Å²) in [5.41, 5.74) is 4.69. The average Bonchev–Trinajstić information content (AvgIpc) is 3.06. The first-order valence-electron chi connectivity index (χ1n) is 10.1. The van der Waals surface area contributed by atoms with Crippen LogP contribution >= 0.6 is 0 Å². The summed E-state index contributed by atoms with van der Waals surface area (Å²) in [6, 6.07) is 14.4. The molecule has 0 aliphatic rings. The van der Waals surface area contributed by atoms with E-state index in [1.165, 1.54) is 0 Å². The summed E-state index contributed by atoms with van der Waals surface area (Å²) < 4.78 is 33.2. The highest BCUT2D eigenvalue weighted by Crippen LogP contribution is 2.29. The number of nitrogens with zero attached hydrogens (tertiary/aromatic N) is 2. The Labute approximate surface area is 179 Å². The molecule has 6 heteroatoms. The number of rotatable bonds is 5. The van der Waals surface area contributed by atoms with Gasteiger partial charge in [0.25, 0.3) is 0 Å². The first kappa shape index (κ1) is 22.1. The van der Waals surface area contributed by atoms with Crippen molar-refractivity contribution >= 4 is 10.1 Å². The highest BCUT2D eigenvalue weighted by Gasteiger charge is 2.23. The molecule has 0 spiro atoms. The van der Waals surface area contributed by atoms with Crippen LogP contribution in [-0.2, 0) is 15.5 Å². The van der Waals surface area contributed by atoms with Crippen molar-refractivity contribution in [3.05, 3.63) is 70.9 Å². The Hall–Kier alpha value is -2.60. The fraction of sp³-hybridized carbons (Fsp3) is 0.375. The molecular formula is C24H30N2O3S. The standard InChI is InChI=1S/C24H30N2O3S/c1-16(2)21-15-23(26(25-21)22-10-8-9-17(3)18(22)4)29-30(27,28)20-13-11-19(12-14-20)24(5,6)7/h8-16H,1-7H3. The summed E-state index contributed by atoms with van der Waals surface area (Å²) in [5.74, 6) is 0.319. The molecular weight excluding hydrogens is 396 g/mol. The lowest BCUT2D eigenvalue weighted by Gasteiger charge is -2.19. The summed E-state index contributed by atoms with van der Waals surface area (Å²) in [6.45, 7) is 14.3. The number of hydrogen-bond donors (Lipinski definition) is 0. The highest BCUT2D eigenvalue weighted by molar-refractivity contribution is 7.87. The molecule has 3 rings (SSSR count). The van der Waals surface area contributed by atoms with Crippen LogP contribution in [0.15, 0.2) is 53.4 Å².